The zero-order chi connectivity index (χ0) is 27.1. The first kappa shape index (κ1) is 25.1. The van der Waals surface area contributed by atoms with Crippen LogP contribution < -0.4 is 14.4 Å². The molecule has 3 aromatic carbocycles. The zero-order valence-electron chi connectivity index (χ0n) is 22.1. The summed E-state index contributed by atoms with van der Waals surface area (Å²) in [7, 11) is 3.49. The maximum absolute atomic E-state index is 13.6. The van der Waals surface area contributed by atoms with E-state index >= 15 is 0 Å². The van der Waals surface area contributed by atoms with Gasteiger partial charge in [0.05, 0.1) is 24.8 Å². The standard InChI is InChI=1S/C31H30N2O5/c1-18(2)38-26-15-10-20(16-19(26)3)29(34)27-28(24-17-32(4)25-9-7-6-8-23(24)25)33(31(36)30(27)35)21-11-13-22(37-5)14-12-21/h6-18,28,34H,1-5H3/b29-27+. The van der Waals surface area contributed by atoms with Gasteiger partial charge in [-0.25, -0.2) is 0 Å². The third-order valence-corrected chi connectivity index (χ3v) is 6.83. The first-order chi connectivity index (χ1) is 18.2. The smallest absolute Gasteiger partial charge is 0.300 e. The largest absolute Gasteiger partial charge is 0.507 e. The molecule has 38 heavy (non-hydrogen) atoms. The molecule has 1 amide bonds. The molecule has 1 aromatic heterocycles. The van der Waals surface area contributed by atoms with E-state index < -0.39 is 17.7 Å². The van der Waals surface area contributed by atoms with Crippen LogP contribution in [0.25, 0.3) is 16.7 Å². The molecule has 194 valence electrons. The van der Waals surface area contributed by atoms with Gasteiger partial charge >= 0.3 is 0 Å². The molecule has 1 unspecified atom stereocenters. The highest BCUT2D eigenvalue weighted by Crippen LogP contribution is 2.45. The Bertz CT molecular complexity index is 1580. The van der Waals surface area contributed by atoms with E-state index in [4.69, 9.17) is 9.47 Å². The van der Waals surface area contributed by atoms with Gasteiger partial charge in [-0.3, -0.25) is 14.5 Å². The molecule has 0 spiro atoms. The van der Waals surface area contributed by atoms with Crippen LogP contribution in [0.2, 0.25) is 0 Å². The van der Waals surface area contributed by atoms with Gasteiger partial charge in [0, 0.05) is 41.0 Å². The normalized spacial score (nSPS) is 17.0. The Hall–Kier alpha value is -4.52. The molecular formula is C31H30N2O5. The van der Waals surface area contributed by atoms with Crippen LogP contribution in [0, 0.1) is 6.92 Å². The molecule has 1 atom stereocenters. The van der Waals surface area contributed by atoms with Gasteiger partial charge in [-0.2, -0.15) is 0 Å². The molecule has 1 fully saturated rings. The first-order valence-corrected chi connectivity index (χ1v) is 12.5. The second-order valence-electron chi connectivity index (χ2n) is 9.73. The van der Waals surface area contributed by atoms with E-state index in [-0.39, 0.29) is 17.4 Å². The Kier molecular flexibility index (Phi) is 6.45. The number of aryl methyl sites for hydroxylation is 2. The molecule has 2 heterocycles. The molecule has 0 aliphatic carbocycles. The highest BCUT2D eigenvalue weighted by atomic mass is 16.5. The van der Waals surface area contributed by atoms with Gasteiger partial charge < -0.3 is 19.1 Å². The highest BCUT2D eigenvalue weighted by molar-refractivity contribution is 6.51. The number of para-hydroxylation sites is 1. The van der Waals surface area contributed by atoms with Crippen molar-refractivity contribution in [2.24, 2.45) is 7.05 Å². The molecule has 1 aliphatic heterocycles. The Balaban J connectivity index is 1.73. The highest BCUT2D eigenvalue weighted by Gasteiger charge is 2.48. The molecular weight excluding hydrogens is 480 g/mol. The molecule has 0 radical (unpaired) electrons. The van der Waals surface area contributed by atoms with Crippen molar-refractivity contribution in [3.8, 4) is 11.5 Å². The van der Waals surface area contributed by atoms with Crippen molar-refractivity contribution in [1.82, 2.24) is 4.57 Å². The Morgan fingerprint density at radius 3 is 2.37 bits per heavy atom. The second-order valence-corrected chi connectivity index (χ2v) is 9.73. The average Bonchev–Trinajstić information content (AvgIpc) is 3.38. The number of fused-ring (bicyclic) bond motifs is 1. The van der Waals surface area contributed by atoms with E-state index in [0.717, 1.165) is 22.0 Å². The van der Waals surface area contributed by atoms with Crippen LogP contribution in [0.4, 0.5) is 5.69 Å². The summed E-state index contributed by atoms with van der Waals surface area (Å²) in [5.74, 6) is -0.342. The van der Waals surface area contributed by atoms with Gasteiger partial charge in [0.2, 0.25) is 0 Å². The fourth-order valence-corrected chi connectivity index (χ4v) is 5.07. The number of amides is 1. The van der Waals surface area contributed by atoms with E-state index in [2.05, 4.69) is 0 Å². The van der Waals surface area contributed by atoms with Crippen molar-refractivity contribution in [3.05, 3.63) is 95.2 Å². The number of nitrogens with zero attached hydrogens (tertiary/aromatic N) is 2. The molecule has 1 saturated heterocycles. The van der Waals surface area contributed by atoms with E-state index in [9.17, 15) is 14.7 Å². The Morgan fingerprint density at radius 2 is 1.71 bits per heavy atom. The molecule has 1 N–H and O–H groups in total. The SMILES string of the molecule is COc1ccc(N2C(=O)C(=O)/C(=C(/O)c3ccc(OC(C)C)c(C)c3)C2c2cn(C)c3ccccc23)cc1. The number of anilines is 1. The number of carbonyl (C=O) groups excluding carboxylic acids is 2. The van der Waals surface area contributed by atoms with Crippen LogP contribution in [0.5, 0.6) is 11.5 Å². The van der Waals surface area contributed by atoms with Crippen LogP contribution in [-0.2, 0) is 16.6 Å². The van der Waals surface area contributed by atoms with Crippen LogP contribution in [0.3, 0.4) is 0 Å². The summed E-state index contributed by atoms with van der Waals surface area (Å²) >= 11 is 0. The number of aromatic nitrogens is 1. The van der Waals surface area contributed by atoms with E-state index in [1.165, 1.54) is 4.90 Å². The molecule has 0 bridgehead atoms. The maximum atomic E-state index is 13.6. The van der Waals surface area contributed by atoms with Crippen LogP contribution >= 0.6 is 0 Å². The number of benzene rings is 3. The Morgan fingerprint density at radius 1 is 1.00 bits per heavy atom. The van der Waals surface area contributed by atoms with Crippen molar-refractivity contribution in [3.63, 3.8) is 0 Å². The predicted molar refractivity (Wildman–Crippen MR) is 148 cm³/mol. The number of Topliss-reactive ketones (excluding diaryl/α,β-unsaturated/α-hetero) is 1. The number of ketones is 1. The van der Waals surface area contributed by atoms with Crippen LogP contribution in [0.1, 0.15) is 36.6 Å². The summed E-state index contributed by atoms with van der Waals surface area (Å²) in [6.07, 6.45) is 1.91. The fraction of sp³-hybridized carbons (Fsp3) is 0.226. The van der Waals surface area contributed by atoms with Gasteiger partial charge in [-0.05, 0) is 74.9 Å². The topological polar surface area (TPSA) is 81.0 Å². The van der Waals surface area contributed by atoms with E-state index in [0.29, 0.717) is 22.7 Å². The van der Waals surface area contributed by atoms with E-state index in [1.54, 1.807) is 49.6 Å². The average molecular weight is 511 g/mol. The predicted octanol–water partition coefficient (Wildman–Crippen LogP) is 5.91. The number of hydrogen-bond donors (Lipinski definition) is 1. The van der Waals surface area contributed by atoms with Crippen molar-refractivity contribution in [2.75, 3.05) is 12.0 Å². The monoisotopic (exact) mass is 510 g/mol. The summed E-state index contributed by atoms with van der Waals surface area (Å²) in [5, 5.41) is 12.5. The third kappa shape index (κ3) is 4.20. The lowest BCUT2D eigenvalue weighted by atomic mass is 9.94. The fourth-order valence-electron chi connectivity index (χ4n) is 5.07. The molecule has 0 saturated carbocycles. The minimum atomic E-state index is -0.832. The zero-order valence-corrected chi connectivity index (χ0v) is 22.1. The van der Waals surface area contributed by atoms with Crippen LogP contribution in [0.15, 0.2) is 78.5 Å². The summed E-state index contributed by atoms with van der Waals surface area (Å²) in [5.41, 5.74) is 3.52. The molecule has 7 nitrogen and oxygen atoms in total. The van der Waals surface area contributed by atoms with Gasteiger partial charge in [0.15, 0.2) is 0 Å². The maximum Gasteiger partial charge on any atom is 0.300 e. The summed E-state index contributed by atoms with van der Waals surface area (Å²) < 4.78 is 13.1. The number of carbonyl (C=O) groups is 2. The van der Waals surface area contributed by atoms with Gasteiger partial charge in [0.25, 0.3) is 11.7 Å². The number of aliphatic hydroxyl groups is 1. The lowest BCUT2D eigenvalue weighted by Crippen LogP contribution is -2.29. The van der Waals surface area contributed by atoms with Crippen LogP contribution in [-0.4, -0.2) is 34.6 Å². The van der Waals surface area contributed by atoms with Crippen molar-refractivity contribution in [2.45, 2.75) is 32.9 Å². The summed E-state index contributed by atoms with van der Waals surface area (Å²) in [4.78, 5) is 28.6. The minimum Gasteiger partial charge on any atom is -0.507 e. The third-order valence-electron chi connectivity index (χ3n) is 6.83. The number of hydrogen-bond acceptors (Lipinski definition) is 5. The molecule has 1 aliphatic rings. The Labute approximate surface area is 221 Å². The second kappa shape index (κ2) is 9.74. The van der Waals surface area contributed by atoms with Gasteiger partial charge in [-0.1, -0.05) is 18.2 Å². The lowest BCUT2D eigenvalue weighted by Gasteiger charge is -2.25. The van der Waals surface area contributed by atoms with Gasteiger partial charge in [0.1, 0.15) is 17.3 Å². The number of methoxy groups -OCH3 is 1. The summed E-state index contributed by atoms with van der Waals surface area (Å²) in [6.45, 7) is 5.77. The van der Waals surface area contributed by atoms with Gasteiger partial charge in [-0.15, -0.1) is 0 Å². The minimum absolute atomic E-state index is 0.00525. The molecule has 7 heteroatoms. The van der Waals surface area contributed by atoms with E-state index in [1.807, 2.05) is 62.8 Å². The molecule has 4 aromatic rings. The summed E-state index contributed by atoms with van der Waals surface area (Å²) in [6, 6.07) is 19.2. The molecule has 5 rings (SSSR count). The number of ether oxygens (including phenoxy) is 2. The van der Waals surface area contributed by atoms with Crippen molar-refractivity contribution >= 4 is 34.0 Å². The van der Waals surface area contributed by atoms with Crippen molar-refractivity contribution in [1.29, 1.82) is 0 Å². The first-order valence-electron chi connectivity index (χ1n) is 12.5. The van der Waals surface area contributed by atoms with Crippen molar-refractivity contribution < 1.29 is 24.2 Å². The number of rotatable bonds is 6. The lowest BCUT2D eigenvalue weighted by molar-refractivity contribution is -0.132. The quantitative estimate of drug-likeness (QED) is 0.198. The number of aliphatic hydroxyl groups excluding tert-OH is 1.